The molecule has 0 aromatic carbocycles. The summed E-state index contributed by atoms with van der Waals surface area (Å²) in [5.74, 6) is 6.49. The fraction of sp³-hybridized carbons (Fsp3) is 0.615. The number of nitrogens with zero attached hydrogens (tertiary/aromatic N) is 2. The molecule has 2 atom stereocenters. The molecule has 1 aliphatic rings. The summed E-state index contributed by atoms with van der Waals surface area (Å²) in [6, 6.07) is 1.91. The second kappa shape index (κ2) is 6.90. The minimum Gasteiger partial charge on any atom is -0.347 e. The molecule has 7 heteroatoms. The fourth-order valence-electron chi connectivity index (χ4n) is 2.50. The van der Waals surface area contributed by atoms with Gasteiger partial charge >= 0.3 is 0 Å². The largest absolute Gasteiger partial charge is 0.347 e. The van der Waals surface area contributed by atoms with Crippen LogP contribution in [0, 0.1) is 6.92 Å². The van der Waals surface area contributed by atoms with E-state index < -0.39 is 0 Å². The van der Waals surface area contributed by atoms with E-state index in [1.807, 2.05) is 18.7 Å². The van der Waals surface area contributed by atoms with Crippen LogP contribution in [-0.2, 0) is 0 Å². The number of thioether (sulfide) groups is 1. The maximum atomic E-state index is 12.3. The summed E-state index contributed by atoms with van der Waals surface area (Å²) in [6.07, 6.45) is 3.37. The first-order valence-electron chi connectivity index (χ1n) is 6.88. The first-order valence-corrected chi connectivity index (χ1v) is 7.93. The highest BCUT2D eigenvalue weighted by Crippen LogP contribution is 2.30. The van der Waals surface area contributed by atoms with E-state index in [2.05, 4.69) is 27.6 Å². The Balaban J connectivity index is 2.06. The number of nitrogens with two attached hydrogens (primary N) is 1. The molecule has 1 heterocycles. The predicted octanol–water partition coefficient (Wildman–Crippen LogP) is 1.47. The van der Waals surface area contributed by atoms with Crippen molar-refractivity contribution in [2.24, 2.45) is 5.84 Å². The van der Waals surface area contributed by atoms with Crippen molar-refractivity contribution >= 4 is 23.6 Å². The lowest BCUT2D eigenvalue weighted by Gasteiger charge is -2.20. The first-order chi connectivity index (χ1) is 9.63. The Hall–Kier alpha value is -1.34. The molecule has 0 aliphatic heterocycles. The van der Waals surface area contributed by atoms with Gasteiger partial charge < -0.3 is 5.32 Å². The van der Waals surface area contributed by atoms with Crippen LogP contribution in [0.15, 0.2) is 6.07 Å². The molecule has 2 unspecified atom stereocenters. The number of aryl methyl sites for hydroxylation is 1. The van der Waals surface area contributed by atoms with Crippen LogP contribution in [0.25, 0.3) is 0 Å². The zero-order valence-electron chi connectivity index (χ0n) is 11.8. The highest BCUT2D eigenvalue weighted by atomic mass is 32.2. The molecule has 20 heavy (non-hydrogen) atoms. The van der Waals surface area contributed by atoms with Crippen molar-refractivity contribution in [2.75, 3.05) is 11.2 Å². The topological polar surface area (TPSA) is 92.9 Å². The zero-order valence-corrected chi connectivity index (χ0v) is 12.7. The van der Waals surface area contributed by atoms with E-state index in [0.717, 1.165) is 12.2 Å². The zero-order chi connectivity index (χ0) is 14.5. The van der Waals surface area contributed by atoms with Gasteiger partial charge in [0.1, 0.15) is 5.69 Å². The molecule has 1 aromatic heterocycles. The molecule has 1 aromatic rings. The third-order valence-corrected chi connectivity index (χ3v) is 4.69. The number of aromatic nitrogens is 2. The van der Waals surface area contributed by atoms with Crippen molar-refractivity contribution in [3.8, 4) is 0 Å². The van der Waals surface area contributed by atoms with Gasteiger partial charge in [0, 0.05) is 17.0 Å². The molecule has 1 fully saturated rings. The Labute approximate surface area is 123 Å². The number of hydrogen-bond donors (Lipinski definition) is 3. The van der Waals surface area contributed by atoms with Crippen LogP contribution in [0.3, 0.4) is 0 Å². The van der Waals surface area contributed by atoms with Gasteiger partial charge in [0.2, 0.25) is 5.95 Å². The average molecular weight is 295 g/mol. The predicted molar refractivity (Wildman–Crippen MR) is 81.6 cm³/mol. The number of anilines is 1. The lowest BCUT2D eigenvalue weighted by Crippen LogP contribution is -2.39. The van der Waals surface area contributed by atoms with Crippen molar-refractivity contribution in [1.29, 1.82) is 0 Å². The number of nitrogen functional groups attached to an aromatic ring is 1. The van der Waals surface area contributed by atoms with Gasteiger partial charge in [-0.2, -0.15) is 11.8 Å². The molecule has 0 bridgehead atoms. The number of hydrogen-bond acceptors (Lipinski definition) is 6. The van der Waals surface area contributed by atoms with E-state index in [-0.39, 0.29) is 17.9 Å². The Morgan fingerprint density at radius 2 is 2.30 bits per heavy atom. The third-order valence-electron chi connectivity index (χ3n) is 3.37. The molecular weight excluding hydrogens is 274 g/mol. The van der Waals surface area contributed by atoms with Gasteiger partial charge in [-0.05, 0) is 31.6 Å². The Morgan fingerprint density at radius 1 is 1.50 bits per heavy atom. The van der Waals surface area contributed by atoms with Gasteiger partial charge in [-0.15, -0.1) is 0 Å². The maximum absolute atomic E-state index is 12.3. The fourth-order valence-corrected chi connectivity index (χ4v) is 3.69. The number of hydrazine groups is 1. The molecule has 0 saturated heterocycles. The van der Waals surface area contributed by atoms with E-state index >= 15 is 0 Å². The Morgan fingerprint density at radius 3 is 3.00 bits per heavy atom. The highest BCUT2D eigenvalue weighted by Gasteiger charge is 2.29. The number of nitrogens with one attached hydrogen (secondary N) is 2. The molecule has 4 N–H and O–H groups in total. The van der Waals surface area contributed by atoms with E-state index in [4.69, 9.17) is 5.84 Å². The van der Waals surface area contributed by atoms with Gasteiger partial charge in [-0.25, -0.2) is 15.8 Å². The quantitative estimate of drug-likeness (QED) is 0.563. The van der Waals surface area contributed by atoms with E-state index in [1.54, 1.807) is 6.07 Å². The summed E-state index contributed by atoms with van der Waals surface area (Å²) in [5, 5.41) is 3.60. The first kappa shape index (κ1) is 15.1. The Kier molecular flexibility index (Phi) is 5.19. The third kappa shape index (κ3) is 3.61. The summed E-state index contributed by atoms with van der Waals surface area (Å²) in [5.41, 5.74) is 3.45. The van der Waals surface area contributed by atoms with Crippen LogP contribution < -0.4 is 16.6 Å². The normalized spacial score (nSPS) is 21.8. The van der Waals surface area contributed by atoms with Crippen molar-refractivity contribution < 1.29 is 4.79 Å². The van der Waals surface area contributed by atoms with Crippen LogP contribution in [0.5, 0.6) is 0 Å². The molecule has 110 valence electrons. The van der Waals surface area contributed by atoms with Gasteiger partial charge in [-0.3, -0.25) is 10.2 Å². The van der Waals surface area contributed by atoms with Gasteiger partial charge in [-0.1, -0.05) is 13.3 Å². The SMILES string of the molecule is CCSC1CCCC1NC(=O)c1cc(C)nc(NN)n1. The summed E-state index contributed by atoms with van der Waals surface area (Å²) < 4.78 is 0. The average Bonchev–Trinajstić information content (AvgIpc) is 2.85. The number of carbonyl (C=O) groups excluding carboxylic acids is 1. The van der Waals surface area contributed by atoms with Crippen LogP contribution in [-0.4, -0.2) is 32.9 Å². The van der Waals surface area contributed by atoms with Crippen molar-refractivity contribution in [3.63, 3.8) is 0 Å². The molecule has 0 radical (unpaired) electrons. The van der Waals surface area contributed by atoms with Crippen LogP contribution in [0.4, 0.5) is 5.95 Å². The standard InChI is InChI=1S/C13H21N5OS/c1-3-20-11-6-4-5-9(11)16-12(19)10-7-8(2)15-13(17-10)18-14/h7,9,11H,3-6,14H2,1-2H3,(H,16,19)(H,15,17,18). The summed E-state index contributed by atoms with van der Waals surface area (Å²) >= 11 is 1.92. The second-order valence-electron chi connectivity index (χ2n) is 4.87. The summed E-state index contributed by atoms with van der Waals surface area (Å²) in [7, 11) is 0. The molecule has 6 nitrogen and oxygen atoms in total. The molecule has 0 spiro atoms. The number of rotatable bonds is 5. The minimum atomic E-state index is -0.152. The Bertz CT molecular complexity index is 482. The molecule has 1 aliphatic carbocycles. The molecule has 2 rings (SSSR count). The highest BCUT2D eigenvalue weighted by molar-refractivity contribution is 7.99. The molecule has 1 amide bonds. The number of carbonyl (C=O) groups is 1. The van der Waals surface area contributed by atoms with Crippen LogP contribution in [0.2, 0.25) is 0 Å². The molecular formula is C13H21N5OS. The monoisotopic (exact) mass is 295 g/mol. The van der Waals surface area contributed by atoms with E-state index in [0.29, 0.717) is 16.6 Å². The van der Waals surface area contributed by atoms with Crippen molar-refractivity contribution in [1.82, 2.24) is 15.3 Å². The minimum absolute atomic E-state index is 0.152. The lowest BCUT2D eigenvalue weighted by molar-refractivity contribution is 0.0933. The van der Waals surface area contributed by atoms with Gasteiger partial charge in [0.25, 0.3) is 5.91 Å². The lowest BCUT2D eigenvalue weighted by atomic mass is 10.2. The molecule has 1 saturated carbocycles. The summed E-state index contributed by atoms with van der Waals surface area (Å²) in [4.78, 5) is 20.5. The van der Waals surface area contributed by atoms with Crippen molar-refractivity contribution in [3.05, 3.63) is 17.5 Å². The summed E-state index contributed by atoms with van der Waals surface area (Å²) in [6.45, 7) is 3.96. The van der Waals surface area contributed by atoms with Crippen molar-refractivity contribution in [2.45, 2.75) is 44.4 Å². The smallest absolute Gasteiger partial charge is 0.270 e. The van der Waals surface area contributed by atoms with Crippen LogP contribution in [0.1, 0.15) is 42.4 Å². The van der Waals surface area contributed by atoms with Crippen LogP contribution >= 0.6 is 11.8 Å². The van der Waals surface area contributed by atoms with Gasteiger partial charge in [0.05, 0.1) is 0 Å². The van der Waals surface area contributed by atoms with E-state index in [1.165, 1.54) is 12.8 Å². The van der Waals surface area contributed by atoms with Gasteiger partial charge in [0.15, 0.2) is 0 Å². The van der Waals surface area contributed by atoms with E-state index in [9.17, 15) is 4.79 Å². The number of amides is 1. The maximum Gasteiger partial charge on any atom is 0.270 e. The second-order valence-corrected chi connectivity index (χ2v) is 6.38.